The number of piperidine rings is 1. The monoisotopic (exact) mass is 514 g/mol. The first-order valence-corrected chi connectivity index (χ1v) is 13.2. The van der Waals surface area contributed by atoms with Crippen LogP contribution in [0.5, 0.6) is 0 Å². The van der Waals surface area contributed by atoms with Crippen LogP contribution < -0.4 is 5.43 Å². The number of nitrogens with zero attached hydrogens (tertiary/aromatic N) is 5. The first-order valence-electron chi connectivity index (χ1n) is 12.1. The molecule has 3 aliphatic heterocycles. The first kappa shape index (κ1) is 22.3. The fourth-order valence-corrected chi connectivity index (χ4v) is 6.70. The number of hydrogen-bond acceptors (Lipinski definition) is 7. The van der Waals surface area contributed by atoms with Crippen LogP contribution >= 0.6 is 11.8 Å². The highest BCUT2D eigenvalue weighted by Crippen LogP contribution is 2.49. The molecule has 1 amide bonds. The molecular formula is C27H23FN6O2S. The van der Waals surface area contributed by atoms with Crippen LogP contribution in [0.15, 0.2) is 70.3 Å². The number of amides is 1. The number of hydrazone groups is 1. The fourth-order valence-electron chi connectivity index (χ4n) is 5.53. The minimum Gasteiger partial charge on any atom is -0.354 e. The van der Waals surface area contributed by atoms with Gasteiger partial charge in [0.15, 0.2) is 11.4 Å². The molecule has 37 heavy (non-hydrogen) atoms. The summed E-state index contributed by atoms with van der Waals surface area (Å²) in [7, 11) is 0. The molecule has 2 saturated heterocycles. The number of thioether (sulfide) groups is 1. The number of carbonyl (C=O) groups is 1. The molecule has 5 heterocycles. The molecule has 2 aromatic carbocycles. The van der Waals surface area contributed by atoms with Crippen LogP contribution in [0, 0.1) is 18.2 Å². The number of imidazole rings is 1. The molecule has 1 unspecified atom stereocenters. The first-order chi connectivity index (χ1) is 18.0. The van der Waals surface area contributed by atoms with Crippen molar-refractivity contribution in [3.8, 4) is 5.69 Å². The van der Waals surface area contributed by atoms with Crippen molar-refractivity contribution in [3.05, 3.63) is 83.3 Å². The van der Waals surface area contributed by atoms with Gasteiger partial charge in [-0.05, 0) is 54.3 Å². The highest BCUT2D eigenvalue weighted by Gasteiger charge is 2.49. The molecule has 1 atom stereocenters. The second kappa shape index (κ2) is 8.31. The van der Waals surface area contributed by atoms with E-state index in [0.29, 0.717) is 5.58 Å². The van der Waals surface area contributed by atoms with Crippen LogP contribution in [0.1, 0.15) is 29.3 Å². The van der Waals surface area contributed by atoms with Crippen molar-refractivity contribution in [2.75, 3.05) is 18.1 Å². The van der Waals surface area contributed by atoms with E-state index in [0.717, 1.165) is 63.8 Å². The summed E-state index contributed by atoms with van der Waals surface area (Å²) in [6, 6.07) is 9.65. The lowest BCUT2D eigenvalue weighted by Gasteiger charge is -2.52. The molecule has 2 fully saturated rings. The Balaban J connectivity index is 1.33. The van der Waals surface area contributed by atoms with Crippen LogP contribution in [0.3, 0.4) is 0 Å². The topological polar surface area (TPSA) is 88.5 Å². The van der Waals surface area contributed by atoms with Gasteiger partial charge in [-0.2, -0.15) is 16.9 Å². The van der Waals surface area contributed by atoms with Crippen LogP contribution in [-0.2, 0) is 4.79 Å². The number of carbonyl (C=O) groups excluding carboxylic acids is 1. The van der Waals surface area contributed by atoms with Gasteiger partial charge in [-0.3, -0.25) is 4.79 Å². The summed E-state index contributed by atoms with van der Waals surface area (Å²) in [5.41, 5.74) is 8.00. The maximum atomic E-state index is 13.6. The van der Waals surface area contributed by atoms with Crippen molar-refractivity contribution in [2.45, 2.75) is 19.4 Å². The lowest BCUT2D eigenvalue weighted by atomic mass is 9.78. The number of halogens is 1. The number of hydrogen-bond donors (Lipinski definition) is 1. The Morgan fingerprint density at radius 2 is 2.05 bits per heavy atom. The Morgan fingerprint density at radius 3 is 2.78 bits per heavy atom. The van der Waals surface area contributed by atoms with E-state index in [1.54, 1.807) is 24.7 Å². The lowest BCUT2D eigenvalue weighted by Crippen LogP contribution is -2.59. The van der Waals surface area contributed by atoms with E-state index < -0.39 is 6.04 Å². The molecule has 0 bridgehead atoms. The molecule has 1 N–H and O–H groups in total. The summed E-state index contributed by atoms with van der Waals surface area (Å²) in [5.74, 6) is 2.25. The smallest absolute Gasteiger partial charge is 0.267 e. The van der Waals surface area contributed by atoms with Gasteiger partial charge in [0.2, 0.25) is 0 Å². The zero-order chi connectivity index (χ0) is 25.1. The van der Waals surface area contributed by atoms with Gasteiger partial charge in [-0.15, -0.1) is 0 Å². The highest BCUT2D eigenvalue weighted by atomic mass is 32.2. The molecule has 2 aromatic heterocycles. The van der Waals surface area contributed by atoms with E-state index in [9.17, 15) is 9.18 Å². The molecule has 10 heteroatoms. The number of aryl methyl sites for hydroxylation is 1. The van der Waals surface area contributed by atoms with E-state index in [2.05, 4.69) is 37.7 Å². The van der Waals surface area contributed by atoms with Gasteiger partial charge in [-0.25, -0.2) is 14.8 Å². The molecule has 3 aliphatic rings. The van der Waals surface area contributed by atoms with Crippen molar-refractivity contribution in [1.82, 2.24) is 25.0 Å². The summed E-state index contributed by atoms with van der Waals surface area (Å²) >= 11 is 1.92. The van der Waals surface area contributed by atoms with Crippen LogP contribution in [-0.4, -0.2) is 49.4 Å². The molecular weight excluding hydrogens is 491 g/mol. The molecule has 0 radical (unpaired) electrons. The maximum absolute atomic E-state index is 13.6. The van der Waals surface area contributed by atoms with Gasteiger partial charge in [0, 0.05) is 29.7 Å². The van der Waals surface area contributed by atoms with Gasteiger partial charge in [0.1, 0.15) is 11.9 Å². The Bertz CT molecular complexity index is 1600. The summed E-state index contributed by atoms with van der Waals surface area (Å²) in [6.45, 7) is 2.67. The van der Waals surface area contributed by atoms with Gasteiger partial charge in [0.05, 0.1) is 29.3 Å². The van der Waals surface area contributed by atoms with Gasteiger partial charge in [-0.1, -0.05) is 23.4 Å². The average Bonchev–Trinajstić information content (AvgIpc) is 3.53. The van der Waals surface area contributed by atoms with E-state index >= 15 is 0 Å². The zero-order valence-corrected chi connectivity index (χ0v) is 20.8. The number of fused-ring (bicyclic) bond motifs is 2. The van der Waals surface area contributed by atoms with Crippen molar-refractivity contribution >= 4 is 40.5 Å². The highest BCUT2D eigenvalue weighted by molar-refractivity contribution is 8.00. The van der Waals surface area contributed by atoms with E-state index in [1.807, 2.05) is 35.5 Å². The largest absolute Gasteiger partial charge is 0.354 e. The second-order valence-electron chi connectivity index (χ2n) is 10.00. The number of benzene rings is 2. The zero-order valence-electron chi connectivity index (χ0n) is 20.0. The Kier molecular flexibility index (Phi) is 5.00. The normalized spacial score (nSPS) is 21.6. The fraction of sp³-hybridized carbons (Fsp3) is 0.259. The number of aromatic nitrogens is 3. The van der Waals surface area contributed by atoms with Crippen molar-refractivity contribution in [1.29, 1.82) is 0 Å². The molecule has 4 aromatic rings. The van der Waals surface area contributed by atoms with Crippen LogP contribution in [0.2, 0.25) is 0 Å². The SMILES string of the molecule is Cc1cn(-c2ccc(/C=C3\CC4(CSC4)CN4C3=NNC(=O)C4c3ccc(F)cc3)c3cnoc23)cn1. The average molecular weight is 515 g/mol. The molecule has 0 saturated carbocycles. The Hall–Kier alpha value is -3.92. The quantitative estimate of drug-likeness (QED) is 0.434. The minimum atomic E-state index is -0.568. The lowest BCUT2D eigenvalue weighted by molar-refractivity contribution is -0.126. The predicted molar refractivity (Wildman–Crippen MR) is 140 cm³/mol. The number of nitrogens with one attached hydrogen (secondary N) is 1. The third kappa shape index (κ3) is 3.66. The summed E-state index contributed by atoms with van der Waals surface area (Å²) < 4.78 is 21.2. The summed E-state index contributed by atoms with van der Waals surface area (Å²) in [4.78, 5) is 19.4. The van der Waals surface area contributed by atoms with E-state index in [1.165, 1.54) is 12.1 Å². The molecule has 186 valence electrons. The Morgan fingerprint density at radius 1 is 1.22 bits per heavy atom. The van der Waals surface area contributed by atoms with E-state index in [4.69, 9.17) is 4.52 Å². The van der Waals surface area contributed by atoms with Crippen LogP contribution in [0.4, 0.5) is 4.39 Å². The maximum Gasteiger partial charge on any atom is 0.267 e. The number of amidine groups is 1. The Labute approximate surface area is 216 Å². The van der Waals surface area contributed by atoms with Gasteiger partial charge in [0.25, 0.3) is 5.91 Å². The van der Waals surface area contributed by atoms with Gasteiger partial charge < -0.3 is 14.0 Å². The molecule has 1 spiro atoms. The number of rotatable bonds is 3. The summed E-state index contributed by atoms with van der Waals surface area (Å²) in [5, 5.41) is 9.48. The van der Waals surface area contributed by atoms with Gasteiger partial charge >= 0.3 is 0 Å². The van der Waals surface area contributed by atoms with Crippen molar-refractivity contribution in [2.24, 2.45) is 10.5 Å². The third-order valence-corrected chi connectivity index (χ3v) is 8.95. The second-order valence-corrected chi connectivity index (χ2v) is 11.0. The van der Waals surface area contributed by atoms with Crippen molar-refractivity contribution in [3.63, 3.8) is 0 Å². The molecule has 8 nitrogen and oxygen atoms in total. The standard InChI is InChI=1S/C27H23FN6O2S/c1-16-11-33(15-29-16)22-7-4-18(21-10-30-36-24(21)22)8-19-9-27(13-37-14-27)12-34-23(26(35)32-31-25(19)34)17-2-5-20(28)6-3-17/h2-8,10-11,15,23H,9,12-14H2,1H3,(H,32,35)/b19-8+. The van der Waals surface area contributed by atoms with E-state index in [-0.39, 0.29) is 17.1 Å². The van der Waals surface area contributed by atoms with Crippen LogP contribution in [0.25, 0.3) is 22.7 Å². The molecule has 7 rings (SSSR count). The van der Waals surface area contributed by atoms with Crippen molar-refractivity contribution < 1.29 is 13.7 Å². The predicted octanol–water partition coefficient (Wildman–Crippen LogP) is 4.47. The third-order valence-electron chi connectivity index (χ3n) is 7.32. The summed E-state index contributed by atoms with van der Waals surface area (Å²) in [6.07, 6.45) is 8.43. The molecule has 0 aliphatic carbocycles. The minimum absolute atomic E-state index is 0.0630.